The largest absolute Gasteiger partial charge is 0.307 e. The zero-order chi connectivity index (χ0) is 47.3. The molecule has 0 aliphatic rings. The third-order valence-electron chi connectivity index (χ3n) is 13.2. The normalized spacial score (nSPS) is 11.4. The van der Waals surface area contributed by atoms with Crippen molar-refractivity contribution in [2.24, 2.45) is 0 Å². The second kappa shape index (κ2) is 17.6. The zero-order valence-corrected chi connectivity index (χ0v) is 37.5. The maximum atomic E-state index is 16.6. The van der Waals surface area contributed by atoms with Gasteiger partial charge in [0.05, 0.1) is 22.7 Å². The van der Waals surface area contributed by atoms with Gasteiger partial charge in [-0.25, -0.2) is 17.6 Å². The van der Waals surface area contributed by atoms with E-state index >= 15 is 8.78 Å². The summed E-state index contributed by atoms with van der Waals surface area (Å²) in [4.78, 5) is 3.75. The van der Waals surface area contributed by atoms with Crippen molar-refractivity contribution in [2.75, 3.05) is 9.80 Å². The van der Waals surface area contributed by atoms with Crippen LogP contribution < -0.4 is 9.80 Å². The summed E-state index contributed by atoms with van der Waals surface area (Å²) in [6.45, 7) is 0. The van der Waals surface area contributed by atoms with Gasteiger partial charge in [0.15, 0.2) is 0 Å². The van der Waals surface area contributed by atoms with Crippen LogP contribution in [0.15, 0.2) is 243 Å². The molecule has 0 amide bonds. The topological polar surface area (TPSA) is 6.48 Å². The molecule has 0 atom stereocenters. The van der Waals surface area contributed by atoms with Gasteiger partial charge < -0.3 is 9.80 Å². The van der Waals surface area contributed by atoms with Crippen molar-refractivity contribution in [3.05, 3.63) is 266 Å². The quantitative estimate of drug-likeness (QED) is 0.0996. The van der Waals surface area contributed by atoms with Crippen molar-refractivity contribution in [1.29, 1.82) is 0 Å². The van der Waals surface area contributed by atoms with E-state index in [9.17, 15) is 8.78 Å². The first-order valence-electron chi connectivity index (χ1n) is 23.1. The molecular weight excluding hydrogens is 873 g/mol. The van der Waals surface area contributed by atoms with Crippen molar-refractivity contribution in [1.82, 2.24) is 0 Å². The van der Waals surface area contributed by atoms with Crippen LogP contribution in [0.2, 0.25) is 0 Å². The molecule has 0 fully saturated rings. The highest BCUT2D eigenvalue weighted by Crippen LogP contribution is 2.50. The summed E-state index contributed by atoms with van der Waals surface area (Å²) >= 11 is 0. The van der Waals surface area contributed by atoms with Crippen LogP contribution in [0.5, 0.6) is 0 Å². The second-order valence-corrected chi connectivity index (χ2v) is 17.5. The number of hydrogen-bond donors (Lipinski definition) is 0. The Morgan fingerprint density at radius 1 is 0.243 bits per heavy atom. The molecule has 0 radical (unpaired) electrons. The average Bonchev–Trinajstić information content (AvgIpc) is 3.41. The van der Waals surface area contributed by atoms with Gasteiger partial charge in [0.2, 0.25) is 0 Å². The van der Waals surface area contributed by atoms with Crippen LogP contribution in [0.3, 0.4) is 0 Å². The summed E-state index contributed by atoms with van der Waals surface area (Å²) in [5, 5.41) is 5.33. The predicted octanol–water partition coefficient (Wildman–Crippen LogP) is 18.7. The minimum atomic E-state index is -0.719. The summed E-state index contributed by atoms with van der Waals surface area (Å²) in [5.74, 6) is -2.80. The highest BCUT2D eigenvalue weighted by Gasteiger charge is 2.26. The van der Waals surface area contributed by atoms with E-state index in [4.69, 9.17) is 0 Å². The Balaban J connectivity index is 1.12. The number of benzene rings is 12. The van der Waals surface area contributed by atoms with Crippen LogP contribution in [-0.4, -0.2) is 0 Å². The number of nitrogens with zero attached hydrogens (tertiary/aromatic N) is 2. The van der Waals surface area contributed by atoms with Gasteiger partial charge in [-0.2, -0.15) is 0 Å². The lowest BCUT2D eigenvalue weighted by atomic mass is 9.91. The van der Waals surface area contributed by atoms with Gasteiger partial charge in [-0.1, -0.05) is 158 Å². The molecular formula is C64H40F4N2. The third-order valence-corrected chi connectivity index (χ3v) is 13.2. The number of rotatable bonds is 10. The monoisotopic (exact) mass is 912 g/mol. The van der Waals surface area contributed by atoms with Crippen LogP contribution >= 0.6 is 0 Å². The first kappa shape index (κ1) is 42.4. The Morgan fingerprint density at radius 3 is 0.857 bits per heavy atom. The van der Waals surface area contributed by atoms with Crippen LogP contribution in [0.25, 0.3) is 76.8 Å². The molecule has 0 spiro atoms. The van der Waals surface area contributed by atoms with E-state index < -0.39 is 23.3 Å². The minimum Gasteiger partial charge on any atom is -0.307 e. The van der Waals surface area contributed by atoms with Crippen molar-refractivity contribution >= 4 is 66.4 Å². The fraction of sp³-hybridized carbons (Fsp3) is 0. The van der Waals surface area contributed by atoms with E-state index in [-0.39, 0.29) is 11.4 Å². The smallest absolute Gasteiger partial charge is 0.150 e. The molecule has 12 rings (SSSR count). The van der Waals surface area contributed by atoms with Gasteiger partial charge in [-0.3, -0.25) is 0 Å². The van der Waals surface area contributed by atoms with E-state index in [2.05, 4.69) is 36.4 Å². The van der Waals surface area contributed by atoms with Crippen LogP contribution in [0.4, 0.5) is 51.7 Å². The summed E-state index contributed by atoms with van der Waals surface area (Å²) < 4.78 is 62.8. The summed E-state index contributed by atoms with van der Waals surface area (Å²) in [6, 6.07) is 76.3. The van der Waals surface area contributed by atoms with E-state index in [0.29, 0.717) is 22.7 Å². The van der Waals surface area contributed by atoms with Gasteiger partial charge in [0.1, 0.15) is 23.3 Å². The van der Waals surface area contributed by atoms with E-state index in [1.54, 1.807) is 0 Å². The van der Waals surface area contributed by atoms with Crippen molar-refractivity contribution in [2.45, 2.75) is 0 Å². The highest BCUT2D eigenvalue weighted by molar-refractivity contribution is 6.28. The molecule has 2 nitrogen and oxygen atoms in total. The fourth-order valence-corrected chi connectivity index (χ4v) is 9.97. The van der Waals surface area contributed by atoms with E-state index in [1.165, 1.54) is 24.3 Å². The Morgan fingerprint density at radius 2 is 0.543 bits per heavy atom. The zero-order valence-electron chi connectivity index (χ0n) is 37.5. The standard InChI is InChI=1S/C64H40F4N2/c65-51-25-31-61(57(67)39-51)69(53-35-47(41-13-5-1-6-14-41)33-48(36-53)42-15-7-2-8-16-42)59-29-23-45-22-28-56-60(30-24-46-21-27-55(59)63(45)64(46)56)70(62-32-26-52(66)40-58(62)68)54-37-49(43-17-9-3-10-18-43)34-50(38-54)44-19-11-4-12-20-44/h1-40H. The molecule has 12 aromatic carbocycles. The third kappa shape index (κ3) is 7.66. The molecule has 12 aromatic rings. The number of hydrogen-bond acceptors (Lipinski definition) is 2. The highest BCUT2D eigenvalue weighted by atomic mass is 19.1. The lowest BCUT2D eigenvalue weighted by molar-refractivity contribution is 0.583. The molecule has 0 unspecified atom stereocenters. The van der Waals surface area contributed by atoms with E-state index in [1.807, 2.05) is 180 Å². The molecule has 0 aliphatic carbocycles. The Kier molecular flexibility index (Phi) is 10.6. The molecule has 0 aliphatic heterocycles. The molecule has 334 valence electrons. The minimum absolute atomic E-state index is 0.173. The van der Waals surface area contributed by atoms with Gasteiger partial charge in [0.25, 0.3) is 0 Å². The van der Waals surface area contributed by atoms with Gasteiger partial charge in [0, 0.05) is 34.3 Å². The Hall–Kier alpha value is -9.00. The molecule has 70 heavy (non-hydrogen) atoms. The van der Waals surface area contributed by atoms with E-state index in [0.717, 1.165) is 89.0 Å². The molecule has 0 heterocycles. The van der Waals surface area contributed by atoms with Crippen molar-refractivity contribution < 1.29 is 17.6 Å². The van der Waals surface area contributed by atoms with Gasteiger partial charge in [-0.15, -0.1) is 0 Å². The second-order valence-electron chi connectivity index (χ2n) is 17.5. The summed E-state index contributed by atoms with van der Waals surface area (Å²) in [7, 11) is 0. The Labute approximate surface area is 402 Å². The molecule has 0 aromatic heterocycles. The first-order valence-corrected chi connectivity index (χ1v) is 23.1. The van der Waals surface area contributed by atoms with Crippen LogP contribution in [0.1, 0.15) is 0 Å². The maximum Gasteiger partial charge on any atom is 0.150 e. The molecule has 0 saturated heterocycles. The van der Waals surface area contributed by atoms with Crippen molar-refractivity contribution in [3.8, 4) is 44.5 Å². The van der Waals surface area contributed by atoms with Crippen LogP contribution in [-0.2, 0) is 0 Å². The average molecular weight is 913 g/mol. The van der Waals surface area contributed by atoms with Crippen molar-refractivity contribution in [3.63, 3.8) is 0 Å². The molecule has 0 saturated carbocycles. The van der Waals surface area contributed by atoms with Crippen LogP contribution in [0, 0.1) is 23.3 Å². The molecule has 0 bridgehead atoms. The summed E-state index contributed by atoms with van der Waals surface area (Å²) in [6.07, 6.45) is 0. The fourth-order valence-electron chi connectivity index (χ4n) is 9.97. The number of halogens is 4. The SMILES string of the molecule is Fc1ccc(N(c2cc(-c3ccccc3)cc(-c3ccccc3)c2)c2ccc3ccc4c(N(c5cc(-c6ccccc6)cc(-c6ccccc6)c5)c5ccc(F)cc5F)ccc5ccc2c3c54)c(F)c1. The molecule has 6 heteroatoms. The summed E-state index contributed by atoms with van der Waals surface area (Å²) in [5.41, 5.74) is 10.7. The predicted molar refractivity (Wildman–Crippen MR) is 281 cm³/mol. The Bertz CT molecular complexity index is 3510. The lowest BCUT2D eigenvalue weighted by Crippen LogP contribution is -2.14. The van der Waals surface area contributed by atoms with Gasteiger partial charge in [-0.05, 0) is 139 Å². The van der Waals surface area contributed by atoms with Gasteiger partial charge >= 0.3 is 0 Å². The number of anilines is 6. The lowest BCUT2D eigenvalue weighted by Gasteiger charge is -2.30. The maximum absolute atomic E-state index is 16.6. The molecule has 0 N–H and O–H groups in total. The first-order chi connectivity index (χ1) is 34.3.